The molecule has 2 aromatic rings. The first-order chi connectivity index (χ1) is 15.4. The molecule has 11 heteroatoms. The minimum atomic E-state index is -2.65. The molecule has 3 rings (SSSR count). The first-order valence-electron chi connectivity index (χ1n) is 10.8. The Hall–Kier alpha value is -2.14. The minimum Gasteiger partial charge on any atom is -0.391 e. The number of nitrogens with two attached hydrogens (primary N) is 1. The predicted octanol–water partition coefficient (Wildman–Crippen LogP) is 3.68. The van der Waals surface area contributed by atoms with Crippen LogP contribution in [0.5, 0.6) is 0 Å². The molecule has 2 heterocycles. The monoisotopic (exact) mass is 516 g/mol. The largest absolute Gasteiger partial charge is 0.391 e. The van der Waals surface area contributed by atoms with E-state index in [-0.39, 0.29) is 42.9 Å². The molecule has 0 bridgehead atoms. The number of likely N-dealkylation sites (tertiary alicyclic amines) is 1. The van der Waals surface area contributed by atoms with Crippen LogP contribution in [0.4, 0.5) is 8.78 Å². The Morgan fingerprint density at radius 3 is 2.44 bits per heavy atom. The third-order valence-electron chi connectivity index (χ3n) is 5.90. The number of hydrogen-bond donors (Lipinski definition) is 3. The number of rotatable bonds is 6. The number of nitrogens with zero attached hydrogens (tertiary/aromatic N) is 2. The molecule has 1 aromatic heterocycles. The molecule has 1 fully saturated rings. The van der Waals surface area contributed by atoms with Gasteiger partial charge in [0.1, 0.15) is 11.7 Å². The highest BCUT2D eigenvalue weighted by Crippen LogP contribution is 2.34. The standard InChI is InChI=1S/C23H30F2N4O3S.ClH/c1-12(13-5-7-14(8-6-13)18-17(20(24)25)27-11-33-18)28-21(31)16-9-15(30)10-29(16)22(32)19(26)23(2,3)4;/h5-8,11-12,15-16,19-20,30H,9-10,26H2,1-4H3,(H,28,31);1H/t12-,15+,16-,19?;/m0./s1. The maximum Gasteiger partial charge on any atom is 0.281 e. The second-order valence-electron chi connectivity index (χ2n) is 9.46. The average molecular weight is 517 g/mol. The molecule has 1 unspecified atom stereocenters. The Morgan fingerprint density at radius 1 is 1.26 bits per heavy atom. The molecule has 1 aliphatic rings. The van der Waals surface area contributed by atoms with Gasteiger partial charge in [-0.1, -0.05) is 45.0 Å². The molecule has 2 amide bonds. The van der Waals surface area contributed by atoms with Crippen molar-refractivity contribution in [1.82, 2.24) is 15.2 Å². The van der Waals surface area contributed by atoms with Crippen LogP contribution in [0.3, 0.4) is 0 Å². The van der Waals surface area contributed by atoms with Gasteiger partial charge in [-0.05, 0) is 23.5 Å². The number of alkyl halides is 2. The van der Waals surface area contributed by atoms with E-state index in [4.69, 9.17) is 5.73 Å². The molecular formula is C23H31ClF2N4O3S. The van der Waals surface area contributed by atoms with Crippen LogP contribution in [-0.2, 0) is 9.59 Å². The SMILES string of the molecule is C[C@H](NC(=O)[C@@H]1C[C@@H](O)CN1C(=O)C(N)C(C)(C)C)c1ccc(-c2scnc2C(F)F)cc1.Cl. The number of aliphatic hydroxyl groups is 1. The van der Waals surface area contributed by atoms with Crippen molar-refractivity contribution < 1.29 is 23.5 Å². The van der Waals surface area contributed by atoms with Crippen molar-refractivity contribution in [2.45, 2.75) is 64.8 Å². The van der Waals surface area contributed by atoms with Crippen LogP contribution in [0.15, 0.2) is 29.8 Å². The number of benzene rings is 1. The van der Waals surface area contributed by atoms with Gasteiger partial charge in [-0.25, -0.2) is 13.8 Å². The molecule has 0 spiro atoms. The molecule has 0 saturated carbocycles. The highest BCUT2D eigenvalue weighted by Gasteiger charge is 2.42. The first kappa shape index (κ1) is 28.1. The van der Waals surface area contributed by atoms with Crippen molar-refractivity contribution in [3.8, 4) is 10.4 Å². The summed E-state index contributed by atoms with van der Waals surface area (Å²) < 4.78 is 26.2. The molecule has 0 radical (unpaired) electrons. The summed E-state index contributed by atoms with van der Waals surface area (Å²) >= 11 is 1.15. The summed E-state index contributed by atoms with van der Waals surface area (Å²) in [4.78, 5) is 31.4. The molecule has 1 aliphatic heterocycles. The fourth-order valence-electron chi connectivity index (χ4n) is 3.80. The summed E-state index contributed by atoms with van der Waals surface area (Å²) in [6.45, 7) is 7.39. The van der Waals surface area contributed by atoms with Crippen molar-refractivity contribution in [1.29, 1.82) is 0 Å². The van der Waals surface area contributed by atoms with E-state index >= 15 is 0 Å². The van der Waals surface area contributed by atoms with E-state index in [0.717, 1.165) is 16.9 Å². The van der Waals surface area contributed by atoms with Gasteiger partial charge in [0.05, 0.1) is 28.6 Å². The van der Waals surface area contributed by atoms with Crippen molar-refractivity contribution in [2.24, 2.45) is 11.1 Å². The molecule has 0 aliphatic carbocycles. The van der Waals surface area contributed by atoms with E-state index in [1.54, 1.807) is 31.2 Å². The second kappa shape index (κ2) is 11.1. The van der Waals surface area contributed by atoms with Gasteiger partial charge in [-0.3, -0.25) is 9.59 Å². The van der Waals surface area contributed by atoms with Gasteiger partial charge in [-0.15, -0.1) is 23.7 Å². The zero-order valence-corrected chi connectivity index (χ0v) is 21.1. The lowest BCUT2D eigenvalue weighted by Crippen LogP contribution is -2.55. The Kier molecular flexibility index (Phi) is 9.15. The maximum atomic E-state index is 13.1. The lowest BCUT2D eigenvalue weighted by Gasteiger charge is -2.32. The summed E-state index contributed by atoms with van der Waals surface area (Å²) in [6, 6.07) is 4.95. The first-order valence-corrected chi connectivity index (χ1v) is 11.6. The van der Waals surface area contributed by atoms with Gasteiger partial charge in [0, 0.05) is 13.0 Å². The number of halogens is 3. The lowest BCUT2D eigenvalue weighted by atomic mass is 9.86. The van der Waals surface area contributed by atoms with Crippen LogP contribution in [0, 0.1) is 5.41 Å². The Morgan fingerprint density at radius 2 is 1.88 bits per heavy atom. The highest BCUT2D eigenvalue weighted by molar-refractivity contribution is 7.13. The summed E-state index contributed by atoms with van der Waals surface area (Å²) in [7, 11) is 0. The average Bonchev–Trinajstić information content (AvgIpc) is 3.39. The van der Waals surface area contributed by atoms with Crippen molar-refractivity contribution in [2.75, 3.05) is 6.54 Å². The van der Waals surface area contributed by atoms with Crippen molar-refractivity contribution >= 4 is 35.6 Å². The Labute approximate surface area is 208 Å². The number of amides is 2. The molecule has 4 atom stereocenters. The normalized spacial score (nSPS) is 20.1. The highest BCUT2D eigenvalue weighted by atomic mass is 35.5. The number of nitrogens with one attached hydrogen (secondary N) is 1. The number of aliphatic hydroxyl groups excluding tert-OH is 1. The summed E-state index contributed by atoms with van der Waals surface area (Å²) in [6.07, 6.45) is -3.31. The number of β-amino-alcohol motifs (C(OH)–C–C–N with tert-alkyl or cyclic N) is 1. The van der Waals surface area contributed by atoms with Gasteiger partial charge in [-0.2, -0.15) is 0 Å². The molecule has 7 nitrogen and oxygen atoms in total. The topological polar surface area (TPSA) is 109 Å². The molecule has 34 heavy (non-hydrogen) atoms. The summed E-state index contributed by atoms with van der Waals surface area (Å²) in [5, 5.41) is 13.0. The van der Waals surface area contributed by atoms with Gasteiger partial charge >= 0.3 is 0 Å². The molecule has 1 aromatic carbocycles. The van der Waals surface area contributed by atoms with E-state index in [2.05, 4.69) is 10.3 Å². The number of carbonyl (C=O) groups is 2. The second-order valence-corrected chi connectivity index (χ2v) is 10.3. The van der Waals surface area contributed by atoms with Gasteiger partial charge < -0.3 is 21.1 Å². The van der Waals surface area contributed by atoms with Gasteiger partial charge in [0.2, 0.25) is 11.8 Å². The van der Waals surface area contributed by atoms with E-state index in [1.165, 1.54) is 10.4 Å². The van der Waals surface area contributed by atoms with Crippen molar-refractivity contribution in [3.05, 3.63) is 41.0 Å². The van der Waals surface area contributed by atoms with Crippen molar-refractivity contribution in [3.63, 3.8) is 0 Å². The van der Waals surface area contributed by atoms with E-state index in [0.29, 0.717) is 10.4 Å². The van der Waals surface area contributed by atoms with Gasteiger partial charge in [0.25, 0.3) is 6.43 Å². The number of hydrogen-bond acceptors (Lipinski definition) is 6. The third-order valence-corrected chi connectivity index (χ3v) is 6.79. The number of aromatic nitrogens is 1. The van der Waals surface area contributed by atoms with E-state index in [9.17, 15) is 23.5 Å². The van der Waals surface area contributed by atoms with E-state index < -0.39 is 36.1 Å². The summed E-state index contributed by atoms with van der Waals surface area (Å²) in [5.41, 5.74) is 8.17. The molecule has 4 N–H and O–H groups in total. The Balaban J connectivity index is 0.00000408. The maximum absolute atomic E-state index is 13.1. The van der Waals surface area contributed by atoms with Crippen LogP contribution >= 0.6 is 23.7 Å². The van der Waals surface area contributed by atoms with E-state index in [1.807, 2.05) is 20.8 Å². The predicted molar refractivity (Wildman–Crippen MR) is 130 cm³/mol. The van der Waals surface area contributed by atoms with Crippen LogP contribution in [-0.4, -0.2) is 51.5 Å². The zero-order valence-electron chi connectivity index (χ0n) is 19.5. The van der Waals surface area contributed by atoms with Crippen LogP contribution in [0.1, 0.15) is 57.8 Å². The minimum absolute atomic E-state index is 0. The zero-order chi connectivity index (χ0) is 24.5. The van der Waals surface area contributed by atoms with Crippen LogP contribution in [0.25, 0.3) is 10.4 Å². The third kappa shape index (κ3) is 6.10. The molecule has 1 saturated heterocycles. The van der Waals surface area contributed by atoms with Crippen LogP contribution < -0.4 is 11.1 Å². The number of carbonyl (C=O) groups excluding carboxylic acids is 2. The van der Waals surface area contributed by atoms with Crippen LogP contribution in [0.2, 0.25) is 0 Å². The smallest absolute Gasteiger partial charge is 0.281 e. The fourth-order valence-corrected chi connectivity index (χ4v) is 4.60. The Bertz CT molecular complexity index is 997. The number of thiazole rings is 1. The summed E-state index contributed by atoms with van der Waals surface area (Å²) in [5.74, 6) is -0.740. The lowest BCUT2D eigenvalue weighted by molar-refractivity contribution is -0.141. The van der Waals surface area contributed by atoms with Gasteiger partial charge in [0.15, 0.2) is 0 Å². The molecule has 188 valence electrons. The quantitative estimate of drug-likeness (QED) is 0.542. The molecular weight excluding hydrogens is 486 g/mol. The fraction of sp³-hybridized carbons (Fsp3) is 0.522.